The van der Waals surface area contributed by atoms with Crippen molar-refractivity contribution in [2.75, 3.05) is 27.2 Å². The van der Waals surface area contributed by atoms with Gasteiger partial charge in [-0.1, -0.05) is 6.92 Å². The van der Waals surface area contributed by atoms with E-state index in [0.29, 0.717) is 18.7 Å². The van der Waals surface area contributed by atoms with Gasteiger partial charge in [0.15, 0.2) is 0 Å². The third-order valence-electron chi connectivity index (χ3n) is 3.22. The summed E-state index contributed by atoms with van der Waals surface area (Å²) in [4.78, 5) is 26.8. The molecule has 1 atom stereocenters. The van der Waals surface area contributed by atoms with Gasteiger partial charge in [-0.25, -0.2) is 0 Å². The topological polar surface area (TPSA) is 40.6 Å². The molecule has 0 aromatic carbocycles. The molecule has 16 heavy (non-hydrogen) atoms. The van der Waals surface area contributed by atoms with Crippen molar-refractivity contribution in [1.29, 1.82) is 0 Å². The molecule has 4 heteroatoms. The van der Waals surface area contributed by atoms with Gasteiger partial charge < -0.3 is 4.90 Å². The number of carbonyl (C=O) groups excluding carboxylic acids is 2. The van der Waals surface area contributed by atoms with Crippen molar-refractivity contribution >= 4 is 11.7 Å². The van der Waals surface area contributed by atoms with Gasteiger partial charge >= 0.3 is 0 Å². The second-order valence-corrected chi connectivity index (χ2v) is 4.64. The number of hydrogen-bond donors (Lipinski definition) is 0. The minimum absolute atomic E-state index is 0.111. The van der Waals surface area contributed by atoms with Crippen molar-refractivity contribution in [3.05, 3.63) is 0 Å². The summed E-state index contributed by atoms with van der Waals surface area (Å²) in [7, 11) is 3.53. The lowest BCUT2D eigenvalue weighted by atomic mass is 9.93. The minimum Gasteiger partial charge on any atom is -0.348 e. The molecule has 1 unspecified atom stereocenters. The summed E-state index contributed by atoms with van der Waals surface area (Å²) in [5, 5.41) is 0. The maximum atomic E-state index is 11.6. The molecule has 1 aliphatic carbocycles. The predicted molar refractivity (Wildman–Crippen MR) is 63.2 cm³/mol. The number of Topliss-reactive ketones (excluding diaryl/α,β-unsaturated/α-hetero) is 1. The summed E-state index contributed by atoms with van der Waals surface area (Å²) in [6.07, 6.45) is 3.35. The first-order chi connectivity index (χ1) is 7.54. The molecule has 1 fully saturated rings. The van der Waals surface area contributed by atoms with E-state index in [1.54, 1.807) is 19.0 Å². The first-order valence-electron chi connectivity index (χ1n) is 6.00. The van der Waals surface area contributed by atoms with Crippen LogP contribution >= 0.6 is 0 Å². The lowest BCUT2D eigenvalue weighted by Crippen LogP contribution is -2.44. The van der Waals surface area contributed by atoms with Crippen molar-refractivity contribution in [1.82, 2.24) is 9.80 Å². The Morgan fingerprint density at radius 1 is 1.44 bits per heavy atom. The average Bonchev–Trinajstić information content (AvgIpc) is 2.25. The number of rotatable bonds is 4. The van der Waals surface area contributed by atoms with Crippen LogP contribution in [0.25, 0.3) is 0 Å². The average molecular weight is 226 g/mol. The highest BCUT2D eigenvalue weighted by molar-refractivity contribution is 5.80. The highest BCUT2D eigenvalue weighted by Crippen LogP contribution is 2.20. The molecule has 0 N–H and O–H groups in total. The van der Waals surface area contributed by atoms with Gasteiger partial charge in [-0.15, -0.1) is 0 Å². The van der Waals surface area contributed by atoms with E-state index in [0.717, 1.165) is 25.8 Å². The molecule has 0 aromatic rings. The van der Waals surface area contributed by atoms with Gasteiger partial charge in [0.1, 0.15) is 5.78 Å². The Morgan fingerprint density at radius 3 is 2.62 bits per heavy atom. The van der Waals surface area contributed by atoms with E-state index in [1.807, 2.05) is 6.92 Å². The first kappa shape index (κ1) is 13.2. The van der Waals surface area contributed by atoms with Gasteiger partial charge in [-0.2, -0.15) is 0 Å². The molecular weight excluding hydrogens is 204 g/mol. The van der Waals surface area contributed by atoms with Crippen LogP contribution in [0, 0.1) is 0 Å². The molecule has 0 spiro atoms. The number of hydrogen-bond acceptors (Lipinski definition) is 3. The fourth-order valence-electron chi connectivity index (χ4n) is 2.13. The molecule has 1 saturated carbocycles. The molecule has 0 bridgehead atoms. The molecule has 0 aromatic heterocycles. The Kier molecular flexibility index (Phi) is 4.93. The Bertz CT molecular complexity index is 264. The maximum Gasteiger partial charge on any atom is 0.236 e. The monoisotopic (exact) mass is 226 g/mol. The number of likely N-dealkylation sites (N-methyl/N-ethyl adjacent to an activating group) is 2. The van der Waals surface area contributed by atoms with Crippen molar-refractivity contribution in [2.45, 2.75) is 38.6 Å². The molecule has 1 amide bonds. The van der Waals surface area contributed by atoms with E-state index >= 15 is 0 Å². The lowest BCUT2D eigenvalue weighted by Gasteiger charge is -2.32. The van der Waals surface area contributed by atoms with Crippen LogP contribution in [0.15, 0.2) is 0 Å². The van der Waals surface area contributed by atoms with Crippen molar-refractivity contribution in [3.8, 4) is 0 Å². The van der Waals surface area contributed by atoms with E-state index < -0.39 is 0 Å². The SMILES string of the molecule is CCN(CC(=O)N(C)C)C1CCCC(=O)C1. The van der Waals surface area contributed by atoms with Gasteiger partial charge in [0, 0.05) is 33.0 Å². The molecule has 1 rings (SSSR count). The van der Waals surface area contributed by atoms with Crippen molar-refractivity contribution in [3.63, 3.8) is 0 Å². The maximum absolute atomic E-state index is 11.6. The van der Waals surface area contributed by atoms with Crippen LogP contribution in [0.1, 0.15) is 32.6 Å². The van der Waals surface area contributed by atoms with E-state index in [2.05, 4.69) is 4.90 Å². The third-order valence-corrected chi connectivity index (χ3v) is 3.22. The van der Waals surface area contributed by atoms with Crippen LogP contribution in [0.4, 0.5) is 0 Å². The van der Waals surface area contributed by atoms with Crippen LogP contribution in [-0.4, -0.2) is 54.7 Å². The second-order valence-electron chi connectivity index (χ2n) is 4.64. The summed E-state index contributed by atoms with van der Waals surface area (Å²) in [5.41, 5.74) is 0. The Hall–Kier alpha value is -0.900. The number of amides is 1. The Morgan fingerprint density at radius 2 is 2.12 bits per heavy atom. The van der Waals surface area contributed by atoms with Crippen LogP contribution in [0.2, 0.25) is 0 Å². The molecule has 0 radical (unpaired) electrons. The van der Waals surface area contributed by atoms with Crippen LogP contribution in [-0.2, 0) is 9.59 Å². The van der Waals surface area contributed by atoms with Gasteiger partial charge in [-0.05, 0) is 19.4 Å². The molecular formula is C12H22N2O2. The highest BCUT2D eigenvalue weighted by atomic mass is 16.2. The number of ketones is 1. The molecule has 4 nitrogen and oxygen atoms in total. The normalized spacial score (nSPS) is 21.2. The van der Waals surface area contributed by atoms with E-state index in [9.17, 15) is 9.59 Å². The van der Waals surface area contributed by atoms with Crippen LogP contribution < -0.4 is 0 Å². The molecule has 0 aliphatic heterocycles. The van der Waals surface area contributed by atoms with Crippen molar-refractivity contribution < 1.29 is 9.59 Å². The summed E-state index contributed by atoms with van der Waals surface area (Å²) in [6, 6.07) is 0.273. The summed E-state index contributed by atoms with van der Waals surface area (Å²) >= 11 is 0. The number of carbonyl (C=O) groups is 2. The summed E-state index contributed by atoms with van der Waals surface area (Å²) < 4.78 is 0. The van der Waals surface area contributed by atoms with Gasteiger partial charge in [-0.3, -0.25) is 14.5 Å². The van der Waals surface area contributed by atoms with Gasteiger partial charge in [0.05, 0.1) is 6.54 Å². The quantitative estimate of drug-likeness (QED) is 0.715. The fraction of sp³-hybridized carbons (Fsp3) is 0.833. The first-order valence-corrected chi connectivity index (χ1v) is 6.00. The van der Waals surface area contributed by atoms with Gasteiger partial charge in [0.2, 0.25) is 5.91 Å². The molecule has 1 aliphatic rings. The van der Waals surface area contributed by atoms with Crippen LogP contribution in [0.3, 0.4) is 0 Å². The Labute approximate surface area is 97.6 Å². The van der Waals surface area contributed by atoms with Crippen LogP contribution in [0.5, 0.6) is 0 Å². The van der Waals surface area contributed by atoms with Gasteiger partial charge in [0.25, 0.3) is 0 Å². The zero-order valence-corrected chi connectivity index (χ0v) is 10.5. The molecule has 0 heterocycles. The minimum atomic E-state index is 0.111. The van der Waals surface area contributed by atoms with E-state index in [1.165, 1.54) is 0 Å². The third kappa shape index (κ3) is 3.59. The summed E-state index contributed by atoms with van der Waals surface area (Å²) in [6.45, 7) is 3.31. The molecule has 92 valence electrons. The smallest absolute Gasteiger partial charge is 0.236 e. The lowest BCUT2D eigenvalue weighted by molar-refractivity contribution is -0.132. The fourth-order valence-corrected chi connectivity index (χ4v) is 2.13. The molecule has 0 saturated heterocycles. The second kappa shape index (κ2) is 5.99. The standard InChI is InChI=1S/C12H22N2O2/c1-4-14(9-12(16)13(2)3)10-6-5-7-11(15)8-10/h10H,4-9H2,1-3H3. The zero-order chi connectivity index (χ0) is 12.1. The van der Waals surface area contributed by atoms with E-state index in [-0.39, 0.29) is 11.9 Å². The highest BCUT2D eigenvalue weighted by Gasteiger charge is 2.25. The summed E-state index contributed by atoms with van der Waals surface area (Å²) in [5.74, 6) is 0.451. The zero-order valence-electron chi connectivity index (χ0n) is 10.5. The Balaban J connectivity index is 2.52. The van der Waals surface area contributed by atoms with E-state index in [4.69, 9.17) is 0 Å². The van der Waals surface area contributed by atoms with Crippen molar-refractivity contribution in [2.24, 2.45) is 0 Å². The number of nitrogens with zero attached hydrogens (tertiary/aromatic N) is 2. The predicted octanol–water partition coefficient (Wildman–Crippen LogP) is 0.908. The largest absolute Gasteiger partial charge is 0.348 e.